The number of alkyl halides is 5. The minimum Gasteiger partial charge on any atom is -0.396 e. The van der Waals surface area contributed by atoms with Crippen molar-refractivity contribution in [3.05, 3.63) is 0 Å². The summed E-state index contributed by atoms with van der Waals surface area (Å²) in [5.74, 6) is -4.46. The molecule has 0 aromatic carbocycles. The molecule has 0 radical (unpaired) electrons. The Morgan fingerprint density at radius 1 is 1.00 bits per heavy atom. The van der Waals surface area contributed by atoms with Crippen LogP contribution in [-0.2, 0) is 4.74 Å². The quantitative estimate of drug-likeness (QED) is 0.518. The van der Waals surface area contributed by atoms with Crippen molar-refractivity contribution in [1.29, 1.82) is 0 Å². The molecule has 0 heterocycles. The van der Waals surface area contributed by atoms with Gasteiger partial charge >= 0.3 is 6.18 Å². The third-order valence-electron chi connectivity index (χ3n) is 1.94. The molecule has 0 amide bonds. The van der Waals surface area contributed by atoms with Crippen LogP contribution in [0.25, 0.3) is 0 Å². The molecular weight excluding hydrogens is 251 g/mol. The second kappa shape index (κ2) is 7.07. The summed E-state index contributed by atoms with van der Waals surface area (Å²) in [6.07, 6.45) is -8.13. The minimum absolute atomic E-state index is 0.172. The van der Waals surface area contributed by atoms with Crippen LogP contribution in [0.5, 0.6) is 0 Å². The molecule has 0 fully saturated rings. The average molecular weight is 266 g/mol. The first-order chi connectivity index (χ1) is 7.70. The summed E-state index contributed by atoms with van der Waals surface area (Å²) in [6, 6.07) is 0. The summed E-state index contributed by atoms with van der Waals surface area (Å²) in [6.45, 7) is -1.49. The Hall–Kier alpha value is -0.470. The molecule has 0 aliphatic heterocycles. The molecule has 0 saturated heterocycles. The van der Waals surface area contributed by atoms with Gasteiger partial charge in [-0.25, -0.2) is 8.78 Å². The predicted molar refractivity (Wildman–Crippen MR) is 48.7 cm³/mol. The van der Waals surface area contributed by atoms with Crippen LogP contribution < -0.4 is 0 Å². The zero-order chi connectivity index (χ0) is 13.5. The first-order valence-electron chi connectivity index (χ1n) is 4.94. The third kappa shape index (κ3) is 9.25. The van der Waals surface area contributed by atoms with Crippen molar-refractivity contribution >= 4 is 0 Å². The van der Waals surface area contributed by atoms with E-state index in [-0.39, 0.29) is 19.8 Å². The Bertz CT molecular complexity index is 203. The Morgan fingerprint density at radius 3 is 1.94 bits per heavy atom. The number of aliphatic hydroxyl groups excluding tert-OH is 2. The molecule has 17 heavy (non-hydrogen) atoms. The molecule has 3 nitrogen and oxygen atoms in total. The summed E-state index contributed by atoms with van der Waals surface area (Å²) in [5.41, 5.74) is 0. The second-order valence-electron chi connectivity index (χ2n) is 3.70. The number of rotatable bonds is 8. The fourth-order valence-electron chi connectivity index (χ4n) is 1.02. The number of halogens is 5. The molecule has 0 atom stereocenters. The van der Waals surface area contributed by atoms with Gasteiger partial charge in [-0.05, 0) is 0 Å². The van der Waals surface area contributed by atoms with Gasteiger partial charge in [0.05, 0.1) is 26.4 Å². The van der Waals surface area contributed by atoms with E-state index in [1.807, 2.05) is 0 Å². The van der Waals surface area contributed by atoms with Crippen LogP contribution in [0.1, 0.15) is 12.8 Å². The SMILES string of the molecule is OCC(CO)COCCC(F)(F)CC(F)(F)F. The molecule has 0 spiro atoms. The van der Waals surface area contributed by atoms with Crippen LogP contribution in [-0.4, -0.2) is 48.7 Å². The molecular formula is C9H15F5O3. The maximum Gasteiger partial charge on any atom is 0.394 e. The summed E-state index contributed by atoms with van der Waals surface area (Å²) >= 11 is 0. The molecule has 8 heteroatoms. The van der Waals surface area contributed by atoms with Crippen LogP contribution >= 0.6 is 0 Å². The maximum absolute atomic E-state index is 12.7. The van der Waals surface area contributed by atoms with Gasteiger partial charge in [-0.1, -0.05) is 0 Å². The Kier molecular flexibility index (Phi) is 6.88. The van der Waals surface area contributed by atoms with Gasteiger partial charge in [0.2, 0.25) is 0 Å². The van der Waals surface area contributed by atoms with E-state index >= 15 is 0 Å². The molecule has 0 aromatic heterocycles. The zero-order valence-electron chi connectivity index (χ0n) is 9.01. The molecule has 0 aliphatic carbocycles. The zero-order valence-corrected chi connectivity index (χ0v) is 9.01. The average Bonchev–Trinajstić information content (AvgIpc) is 2.14. The summed E-state index contributed by atoms with van der Waals surface area (Å²) in [4.78, 5) is 0. The molecule has 2 N–H and O–H groups in total. The predicted octanol–water partition coefficient (Wildman–Crippen LogP) is 1.58. The first-order valence-corrected chi connectivity index (χ1v) is 4.94. The van der Waals surface area contributed by atoms with Crippen LogP contribution in [0.4, 0.5) is 22.0 Å². The van der Waals surface area contributed by atoms with E-state index in [1.54, 1.807) is 0 Å². The lowest BCUT2D eigenvalue weighted by Crippen LogP contribution is -2.28. The van der Waals surface area contributed by atoms with Gasteiger partial charge in [0.15, 0.2) is 0 Å². The normalized spacial score (nSPS) is 13.4. The topological polar surface area (TPSA) is 49.7 Å². The lowest BCUT2D eigenvalue weighted by molar-refractivity contribution is -0.192. The lowest BCUT2D eigenvalue weighted by Gasteiger charge is -2.18. The van der Waals surface area contributed by atoms with Crippen molar-refractivity contribution in [2.45, 2.75) is 24.9 Å². The van der Waals surface area contributed by atoms with E-state index in [9.17, 15) is 22.0 Å². The van der Waals surface area contributed by atoms with Crippen molar-refractivity contribution in [2.75, 3.05) is 26.4 Å². The van der Waals surface area contributed by atoms with E-state index in [1.165, 1.54) is 0 Å². The second-order valence-corrected chi connectivity index (χ2v) is 3.70. The van der Waals surface area contributed by atoms with Gasteiger partial charge in [0.25, 0.3) is 5.92 Å². The number of hydrogen-bond acceptors (Lipinski definition) is 3. The minimum atomic E-state index is -4.91. The van der Waals surface area contributed by atoms with E-state index in [0.717, 1.165) is 0 Å². The Labute approximate surface area is 95.2 Å². The Morgan fingerprint density at radius 2 is 1.53 bits per heavy atom. The number of ether oxygens (including phenoxy) is 1. The molecule has 0 rings (SSSR count). The first kappa shape index (κ1) is 16.5. The number of aliphatic hydroxyl groups is 2. The van der Waals surface area contributed by atoms with Crippen molar-refractivity contribution in [3.8, 4) is 0 Å². The van der Waals surface area contributed by atoms with Crippen molar-refractivity contribution in [1.82, 2.24) is 0 Å². The largest absolute Gasteiger partial charge is 0.396 e. The highest BCUT2D eigenvalue weighted by Gasteiger charge is 2.43. The summed E-state index contributed by atoms with van der Waals surface area (Å²) < 4.78 is 65.2. The van der Waals surface area contributed by atoms with Gasteiger partial charge < -0.3 is 14.9 Å². The van der Waals surface area contributed by atoms with Crippen molar-refractivity contribution in [2.24, 2.45) is 5.92 Å². The van der Waals surface area contributed by atoms with Gasteiger partial charge in [-0.3, -0.25) is 0 Å². The molecule has 0 unspecified atom stereocenters. The highest BCUT2D eigenvalue weighted by atomic mass is 19.4. The van der Waals surface area contributed by atoms with E-state index < -0.39 is 37.5 Å². The highest BCUT2D eigenvalue weighted by Crippen LogP contribution is 2.33. The summed E-state index contributed by atoms with van der Waals surface area (Å²) in [7, 11) is 0. The van der Waals surface area contributed by atoms with Crippen LogP contribution in [0.3, 0.4) is 0 Å². The smallest absolute Gasteiger partial charge is 0.394 e. The van der Waals surface area contributed by atoms with Crippen LogP contribution in [0.2, 0.25) is 0 Å². The fraction of sp³-hybridized carbons (Fsp3) is 1.00. The molecule has 0 saturated carbocycles. The van der Waals surface area contributed by atoms with Crippen molar-refractivity contribution in [3.63, 3.8) is 0 Å². The van der Waals surface area contributed by atoms with Gasteiger partial charge in [0.1, 0.15) is 6.42 Å². The molecule has 104 valence electrons. The molecule has 0 aromatic rings. The fourth-order valence-corrected chi connectivity index (χ4v) is 1.02. The summed E-state index contributed by atoms with van der Waals surface area (Å²) in [5, 5.41) is 17.2. The monoisotopic (exact) mass is 266 g/mol. The standard InChI is InChI=1S/C9H15F5O3/c10-8(11,6-9(12,13)14)1-2-17-5-7(3-15)4-16/h7,15-16H,1-6H2. The lowest BCUT2D eigenvalue weighted by atomic mass is 10.1. The van der Waals surface area contributed by atoms with Gasteiger partial charge in [-0.2, -0.15) is 13.2 Å². The van der Waals surface area contributed by atoms with Crippen LogP contribution in [0.15, 0.2) is 0 Å². The third-order valence-corrected chi connectivity index (χ3v) is 1.94. The van der Waals surface area contributed by atoms with E-state index in [2.05, 4.69) is 4.74 Å². The van der Waals surface area contributed by atoms with Crippen LogP contribution in [0, 0.1) is 5.92 Å². The van der Waals surface area contributed by atoms with Gasteiger partial charge in [0, 0.05) is 12.3 Å². The number of hydrogen-bond donors (Lipinski definition) is 2. The molecule has 0 bridgehead atoms. The van der Waals surface area contributed by atoms with E-state index in [4.69, 9.17) is 10.2 Å². The van der Waals surface area contributed by atoms with Crippen molar-refractivity contribution < 1.29 is 36.9 Å². The Balaban J connectivity index is 3.80. The maximum atomic E-state index is 12.7. The molecule has 0 aliphatic rings. The highest BCUT2D eigenvalue weighted by molar-refractivity contribution is 4.70. The van der Waals surface area contributed by atoms with E-state index in [0.29, 0.717) is 0 Å². The van der Waals surface area contributed by atoms with Gasteiger partial charge in [-0.15, -0.1) is 0 Å².